The highest BCUT2D eigenvalue weighted by molar-refractivity contribution is 4.64. The summed E-state index contributed by atoms with van der Waals surface area (Å²) in [6.45, 7) is 7.27. The van der Waals surface area contributed by atoms with Crippen molar-refractivity contribution in [2.45, 2.75) is 45.3 Å². The van der Waals surface area contributed by atoms with Gasteiger partial charge < -0.3 is 15.2 Å². The molecule has 3 heteroatoms. The molecule has 0 spiro atoms. The Morgan fingerprint density at radius 3 is 2.54 bits per heavy atom. The Labute approximate surface area is 81.5 Å². The molecule has 0 fully saturated rings. The molecule has 0 aromatic heterocycles. The number of ether oxygens (including phenoxy) is 1. The molecule has 0 bridgehead atoms. The molecule has 0 rings (SSSR count). The maximum absolute atomic E-state index is 9.41. The van der Waals surface area contributed by atoms with E-state index in [1.54, 1.807) is 13.8 Å². The number of rotatable bonds is 7. The molecular weight excluding hydrogens is 166 g/mol. The fraction of sp³-hybridized carbons (Fsp3) is 1.00. The highest BCUT2D eigenvalue weighted by Gasteiger charge is 2.12. The fourth-order valence-electron chi connectivity index (χ4n) is 0.941. The summed E-state index contributed by atoms with van der Waals surface area (Å²) in [5.74, 6) is 0. The maximum atomic E-state index is 9.41. The van der Waals surface area contributed by atoms with Crippen molar-refractivity contribution in [3.8, 4) is 0 Å². The van der Waals surface area contributed by atoms with Crippen LogP contribution in [0, 0.1) is 0 Å². The molecule has 0 aromatic carbocycles. The maximum Gasteiger partial charge on any atom is 0.0613 e. The molecule has 1 atom stereocenters. The molecule has 1 unspecified atom stereocenters. The first-order valence-electron chi connectivity index (χ1n) is 4.94. The smallest absolute Gasteiger partial charge is 0.0613 e. The van der Waals surface area contributed by atoms with Gasteiger partial charge in [-0.25, -0.2) is 0 Å². The molecule has 0 radical (unpaired) electrons. The number of nitrogens with one attached hydrogen (secondary N) is 1. The summed E-state index contributed by atoms with van der Waals surface area (Å²) in [6.07, 6.45) is 1.98. The van der Waals surface area contributed by atoms with Gasteiger partial charge in [-0.3, -0.25) is 0 Å². The predicted molar refractivity (Wildman–Crippen MR) is 54.9 cm³/mol. The van der Waals surface area contributed by atoms with Gasteiger partial charge >= 0.3 is 0 Å². The summed E-state index contributed by atoms with van der Waals surface area (Å²) < 4.78 is 5.52. The first-order chi connectivity index (χ1) is 5.95. The van der Waals surface area contributed by atoms with Crippen molar-refractivity contribution in [3.05, 3.63) is 0 Å². The lowest BCUT2D eigenvalue weighted by molar-refractivity contribution is 0.00230. The first-order valence-corrected chi connectivity index (χ1v) is 4.94. The molecule has 3 nitrogen and oxygen atoms in total. The Hall–Kier alpha value is -0.120. The van der Waals surface area contributed by atoms with E-state index in [1.165, 1.54) is 0 Å². The molecule has 0 aromatic rings. The second kappa shape index (κ2) is 6.35. The van der Waals surface area contributed by atoms with Crippen LogP contribution in [0.4, 0.5) is 0 Å². The first kappa shape index (κ1) is 12.9. The highest BCUT2D eigenvalue weighted by atomic mass is 16.5. The van der Waals surface area contributed by atoms with Gasteiger partial charge in [0.25, 0.3) is 0 Å². The van der Waals surface area contributed by atoms with E-state index in [-0.39, 0.29) is 6.10 Å². The van der Waals surface area contributed by atoms with Gasteiger partial charge in [0.15, 0.2) is 0 Å². The van der Waals surface area contributed by atoms with E-state index in [1.807, 2.05) is 7.05 Å². The highest BCUT2D eigenvalue weighted by Crippen LogP contribution is 2.08. The van der Waals surface area contributed by atoms with E-state index in [4.69, 9.17) is 4.74 Å². The van der Waals surface area contributed by atoms with E-state index in [2.05, 4.69) is 12.2 Å². The van der Waals surface area contributed by atoms with Crippen LogP contribution in [0.15, 0.2) is 0 Å². The Kier molecular flexibility index (Phi) is 6.29. The Morgan fingerprint density at radius 1 is 1.46 bits per heavy atom. The molecule has 13 heavy (non-hydrogen) atoms. The fourth-order valence-corrected chi connectivity index (χ4v) is 0.941. The van der Waals surface area contributed by atoms with Crippen molar-refractivity contribution in [1.29, 1.82) is 0 Å². The molecular formula is C10H23NO2. The molecule has 2 N–H and O–H groups in total. The van der Waals surface area contributed by atoms with Crippen molar-refractivity contribution in [2.75, 3.05) is 20.2 Å². The van der Waals surface area contributed by atoms with Crippen LogP contribution in [-0.4, -0.2) is 37.0 Å². The zero-order valence-electron chi connectivity index (χ0n) is 9.26. The summed E-state index contributed by atoms with van der Waals surface area (Å²) in [4.78, 5) is 0. The van der Waals surface area contributed by atoms with Crippen molar-refractivity contribution in [1.82, 2.24) is 5.32 Å². The van der Waals surface area contributed by atoms with Gasteiger partial charge in [-0.2, -0.15) is 0 Å². The van der Waals surface area contributed by atoms with Gasteiger partial charge in [0.2, 0.25) is 0 Å². The summed E-state index contributed by atoms with van der Waals surface area (Å²) in [5, 5.41) is 12.5. The molecule has 0 aliphatic rings. The van der Waals surface area contributed by atoms with Gasteiger partial charge in [-0.1, -0.05) is 0 Å². The third-order valence-electron chi connectivity index (χ3n) is 1.92. The second-order valence-corrected chi connectivity index (χ2v) is 4.14. The quantitative estimate of drug-likeness (QED) is 0.631. The van der Waals surface area contributed by atoms with Gasteiger partial charge in [-0.05, 0) is 47.2 Å². The standard InChI is InChI=1S/C10H23NO2/c1-9(5-7-11-4)13-8-6-10(2,3)12/h9,11-12H,5-8H2,1-4H3. The Balaban J connectivity index is 3.31. The summed E-state index contributed by atoms with van der Waals surface area (Å²) >= 11 is 0. The third kappa shape index (κ3) is 9.80. The average Bonchev–Trinajstić information content (AvgIpc) is 1.98. The number of aliphatic hydroxyl groups is 1. The van der Waals surface area contributed by atoms with Crippen molar-refractivity contribution in [2.24, 2.45) is 0 Å². The van der Waals surface area contributed by atoms with E-state index in [0.29, 0.717) is 13.0 Å². The minimum Gasteiger partial charge on any atom is -0.390 e. The zero-order valence-corrected chi connectivity index (χ0v) is 9.26. The molecule has 80 valence electrons. The van der Waals surface area contributed by atoms with Crippen LogP contribution < -0.4 is 5.32 Å². The molecule has 0 heterocycles. The summed E-state index contributed by atoms with van der Waals surface area (Å²) in [7, 11) is 1.93. The van der Waals surface area contributed by atoms with Crippen LogP contribution in [0.25, 0.3) is 0 Å². The van der Waals surface area contributed by atoms with Crippen LogP contribution in [0.1, 0.15) is 33.6 Å². The third-order valence-corrected chi connectivity index (χ3v) is 1.92. The lowest BCUT2D eigenvalue weighted by atomic mass is 10.1. The Bertz CT molecular complexity index is 121. The second-order valence-electron chi connectivity index (χ2n) is 4.14. The van der Waals surface area contributed by atoms with Gasteiger partial charge in [0.05, 0.1) is 11.7 Å². The topological polar surface area (TPSA) is 41.5 Å². The van der Waals surface area contributed by atoms with E-state index in [0.717, 1.165) is 13.0 Å². The molecule has 0 aliphatic heterocycles. The molecule has 0 aliphatic carbocycles. The normalized spacial score (nSPS) is 14.5. The molecule has 0 saturated heterocycles. The molecule has 0 amide bonds. The van der Waals surface area contributed by atoms with Gasteiger partial charge in [0.1, 0.15) is 0 Å². The van der Waals surface area contributed by atoms with E-state index >= 15 is 0 Å². The van der Waals surface area contributed by atoms with Crippen molar-refractivity contribution in [3.63, 3.8) is 0 Å². The van der Waals surface area contributed by atoms with Crippen LogP contribution in [0.2, 0.25) is 0 Å². The van der Waals surface area contributed by atoms with Crippen LogP contribution in [0.3, 0.4) is 0 Å². The summed E-state index contributed by atoms with van der Waals surface area (Å²) in [6, 6.07) is 0. The SMILES string of the molecule is CNCCC(C)OCCC(C)(C)O. The largest absolute Gasteiger partial charge is 0.390 e. The minimum absolute atomic E-state index is 0.273. The monoisotopic (exact) mass is 189 g/mol. The van der Waals surface area contributed by atoms with E-state index < -0.39 is 5.60 Å². The number of hydrogen-bond donors (Lipinski definition) is 2. The lowest BCUT2D eigenvalue weighted by Crippen LogP contribution is -2.24. The average molecular weight is 189 g/mol. The number of hydrogen-bond acceptors (Lipinski definition) is 3. The van der Waals surface area contributed by atoms with Crippen LogP contribution in [0.5, 0.6) is 0 Å². The van der Waals surface area contributed by atoms with Crippen molar-refractivity contribution < 1.29 is 9.84 Å². The Morgan fingerprint density at radius 2 is 2.08 bits per heavy atom. The van der Waals surface area contributed by atoms with Crippen molar-refractivity contribution >= 4 is 0 Å². The predicted octanol–water partition coefficient (Wildman–Crippen LogP) is 1.16. The molecule has 0 saturated carbocycles. The minimum atomic E-state index is -0.608. The summed E-state index contributed by atoms with van der Waals surface area (Å²) in [5.41, 5.74) is -0.608. The lowest BCUT2D eigenvalue weighted by Gasteiger charge is -2.19. The van der Waals surface area contributed by atoms with Gasteiger partial charge in [-0.15, -0.1) is 0 Å². The van der Waals surface area contributed by atoms with E-state index in [9.17, 15) is 5.11 Å². The van der Waals surface area contributed by atoms with Crippen LogP contribution in [-0.2, 0) is 4.74 Å². The zero-order chi connectivity index (χ0) is 10.3. The van der Waals surface area contributed by atoms with Crippen LogP contribution >= 0.6 is 0 Å². The van der Waals surface area contributed by atoms with Gasteiger partial charge in [0, 0.05) is 6.61 Å².